The average Bonchev–Trinajstić information content (AvgIpc) is 2.56. The van der Waals surface area contributed by atoms with Crippen LogP contribution in [-0.2, 0) is 14.3 Å². The Morgan fingerprint density at radius 3 is 2.48 bits per heavy atom. The molecule has 0 unspecified atom stereocenters. The second kappa shape index (κ2) is 9.28. The molecule has 0 spiro atoms. The monoisotopic (exact) mass is 322 g/mol. The maximum atomic E-state index is 13.3. The van der Waals surface area contributed by atoms with Crippen molar-refractivity contribution in [2.24, 2.45) is 5.92 Å². The maximum Gasteiger partial charge on any atom is 0.311 e. The molecule has 0 radical (unpaired) electrons. The van der Waals surface area contributed by atoms with Crippen molar-refractivity contribution < 1.29 is 23.5 Å². The minimum absolute atomic E-state index is 0.0437. The SMILES string of the molecule is O=C(CCC(=O)Oc1ccccc1F)OCCC1CCCCC1. The van der Waals surface area contributed by atoms with Crippen molar-refractivity contribution in [1.29, 1.82) is 0 Å². The van der Waals surface area contributed by atoms with Gasteiger partial charge in [0.1, 0.15) is 0 Å². The van der Waals surface area contributed by atoms with Crippen LogP contribution in [0.25, 0.3) is 0 Å². The van der Waals surface area contributed by atoms with Crippen molar-refractivity contribution in [3.63, 3.8) is 0 Å². The van der Waals surface area contributed by atoms with Gasteiger partial charge in [0.05, 0.1) is 19.4 Å². The van der Waals surface area contributed by atoms with E-state index in [1.165, 1.54) is 50.3 Å². The molecule has 0 heterocycles. The van der Waals surface area contributed by atoms with E-state index in [9.17, 15) is 14.0 Å². The van der Waals surface area contributed by atoms with Crippen LogP contribution in [0.1, 0.15) is 51.4 Å². The number of ether oxygens (including phenoxy) is 2. The summed E-state index contributed by atoms with van der Waals surface area (Å²) in [6.45, 7) is 0.409. The first-order valence-electron chi connectivity index (χ1n) is 8.26. The first kappa shape index (κ1) is 17.4. The summed E-state index contributed by atoms with van der Waals surface area (Å²) in [4.78, 5) is 23.2. The fourth-order valence-electron chi connectivity index (χ4n) is 2.79. The molecule has 1 fully saturated rings. The van der Waals surface area contributed by atoms with Crippen LogP contribution in [0.5, 0.6) is 5.75 Å². The van der Waals surface area contributed by atoms with E-state index in [1.54, 1.807) is 6.07 Å². The summed E-state index contributed by atoms with van der Waals surface area (Å²) in [7, 11) is 0. The Morgan fingerprint density at radius 1 is 1.04 bits per heavy atom. The Balaban J connectivity index is 1.60. The summed E-state index contributed by atoms with van der Waals surface area (Å²) in [5.74, 6) is -1.12. The smallest absolute Gasteiger partial charge is 0.311 e. The molecule has 23 heavy (non-hydrogen) atoms. The van der Waals surface area contributed by atoms with Gasteiger partial charge in [-0.3, -0.25) is 9.59 Å². The van der Waals surface area contributed by atoms with Gasteiger partial charge in [-0.25, -0.2) is 4.39 Å². The second-order valence-electron chi connectivity index (χ2n) is 5.92. The first-order valence-corrected chi connectivity index (χ1v) is 8.26. The standard InChI is InChI=1S/C18H23FO4/c19-15-8-4-5-9-16(15)23-18(21)11-10-17(20)22-13-12-14-6-2-1-3-7-14/h4-5,8-9,14H,1-3,6-7,10-13H2. The lowest BCUT2D eigenvalue weighted by Crippen LogP contribution is -2.15. The minimum Gasteiger partial charge on any atom is -0.466 e. The number of hydrogen-bond acceptors (Lipinski definition) is 4. The number of rotatable bonds is 7. The Bertz CT molecular complexity index is 524. The van der Waals surface area contributed by atoms with E-state index in [0.29, 0.717) is 12.5 Å². The Hall–Kier alpha value is -1.91. The largest absolute Gasteiger partial charge is 0.466 e. The first-order chi connectivity index (χ1) is 11.1. The van der Waals surface area contributed by atoms with E-state index in [2.05, 4.69) is 0 Å². The Morgan fingerprint density at radius 2 is 1.74 bits per heavy atom. The highest BCUT2D eigenvalue weighted by Crippen LogP contribution is 2.26. The number of benzene rings is 1. The summed E-state index contributed by atoms with van der Waals surface area (Å²) < 4.78 is 23.3. The van der Waals surface area contributed by atoms with Gasteiger partial charge in [0.25, 0.3) is 0 Å². The molecule has 4 nitrogen and oxygen atoms in total. The lowest BCUT2D eigenvalue weighted by molar-refractivity contribution is -0.147. The summed E-state index contributed by atoms with van der Waals surface area (Å²) in [6, 6.07) is 5.67. The van der Waals surface area contributed by atoms with Crippen LogP contribution in [0, 0.1) is 11.7 Å². The van der Waals surface area contributed by atoms with Crippen LogP contribution in [0.3, 0.4) is 0 Å². The third-order valence-electron chi connectivity index (χ3n) is 4.11. The Kier molecular flexibility index (Phi) is 7.04. The van der Waals surface area contributed by atoms with Crippen LogP contribution in [0.4, 0.5) is 4.39 Å². The molecule has 2 rings (SSSR count). The van der Waals surface area contributed by atoms with E-state index in [4.69, 9.17) is 9.47 Å². The van der Waals surface area contributed by atoms with Crippen LogP contribution >= 0.6 is 0 Å². The second-order valence-corrected chi connectivity index (χ2v) is 5.92. The highest BCUT2D eigenvalue weighted by molar-refractivity contribution is 5.79. The zero-order valence-corrected chi connectivity index (χ0v) is 13.3. The van der Waals surface area contributed by atoms with Gasteiger partial charge >= 0.3 is 11.9 Å². The minimum atomic E-state index is -0.640. The summed E-state index contributed by atoms with van der Waals surface area (Å²) in [5, 5.41) is 0. The van der Waals surface area contributed by atoms with Crippen molar-refractivity contribution in [3.8, 4) is 5.75 Å². The van der Waals surface area contributed by atoms with Gasteiger partial charge in [-0.2, -0.15) is 0 Å². The predicted molar refractivity (Wildman–Crippen MR) is 83.4 cm³/mol. The van der Waals surface area contributed by atoms with Crippen molar-refractivity contribution >= 4 is 11.9 Å². The van der Waals surface area contributed by atoms with Crippen LogP contribution in [-0.4, -0.2) is 18.5 Å². The molecular weight excluding hydrogens is 299 g/mol. The molecule has 0 atom stereocenters. The molecule has 1 aliphatic rings. The molecule has 0 aromatic heterocycles. The topological polar surface area (TPSA) is 52.6 Å². The zero-order valence-electron chi connectivity index (χ0n) is 13.3. The molecule has 1 aromatic rings. The molecule has 5 heteroatoms. The average molecular weight is 322 g/mol. The van der Waals surface area contributed by atoms with Gasteiger partial charge in [0, 0.05) is 0 Å². The van der Waals surface area contributed by atoms with E-state index >= 15 is 0 Å². The van der Waals surface area contributed by atoms with Crippen molar-refractivity contribution in [1.82, 2.24) is 0 Å². The normalized spacial score (nSPS) is 15.2. The van der Waals surface area contributed by atoms with Gasteiger partial charge in [0.15, 0.2) is 11.6 Å². The molecule has 1 saturated carbocycles. The molecule has 126 valence electrons. The van der Waals surface area contributed by atoms with Gasteiger partial charge in [-0.05, 0) is 24.5 Å². The molecule has 0 N–H and O–H groups in total. The van der Waals surface area contributed by atoms with Gasteiger partial charge in [0.2, 0.25) is 0 Å². The molecule has 1 aliphatic carbocycles. The van der Waals surface area contributed by atoms with Gasteiger partial charge in [-0.15, -0.1) is 0 Å². The molecule has 1 aromatic carbocycles. The molecule has 0 aliphatic heterocycles. The number of hydrogen-bond donors (Lipinski definition) is 0. The lowest BCUT2D eigenvalue weighted by atomic mass is 9.87. The van der Waals surface area contributed by atoms with Crippen molar-refractivity contribution in [3.05, 3.63) is 30.1 Å². The van der Waals surface area contributed by atoms with Crippen molar-refractivity contribution in [2.45, 2.75) is 51.4 Å². The maximum absolute atomic E-state index is 13.3. The fourth-order valence-corrected chi connectivity index (χ4v) is 2.79. The summed E-state index contributed by atoms with van der Waals surface area (Å²) >= 11 is 0. The number of esters is 2. The molecular formula is C18H23FO4. The van der Waals surface area contributed by atoms with E-state index in [1.807, 2.05) is 0 Å². The third kappa shape index (κ3) is 6.38. The molecule has 0 amide bonds. The van der Waals surface area contributed by atoms with E-state index in [0.717, 1.165) is 6.42 Å². The fraction of sp³-hybridized carbons (Fsp3) is 0.556. The van der Waals surface area contributed by atoms with Gasteiger partial charge in [-0.1, -0.05) is 44.2 Å². The van der Waals surface area contributed by atoms with Crippen molar-refractivity contribution in [2.75, 3.05) is 6.61 Å². The number of para-hydroxylation sites is 1. The lowest BCUT2D eigenvalue weighted by Gasteiger charge is -2.21. The Labute approximate surface area is 136 Å². The quantitative estimate of drug-likeness (QED) is 0.562. The number of carbonyl (C=O) groups is 2. The third-order valence-corrected chi connectivity index (χ3v) is 4.11. The highest BCUT2D eigenvalue weighted by atomic mass is 19.1. The summed E-state index contributed by atoms with van der Waals surface area (Å²) in [5.41, 5.74) is 0. The number of carbonyl (C=O) groups excluding carboxylic acids is 2. The summed E-state index contributed by atoms with van der Waals surface area (Å²) in [6.07, 6.45) is 7.00. The zero-order chi connectivity index (χ0) is 16.5. The van der Waals surface area contributed by atoms with E-state index < -0.39 is 17.8 Å². The molecule has 0 saturated heterocycles. The predicted octanol–water partition coefficient (Wildman–Crippen LogP) is 4.02. The number of halogens is 1. The van der Waals surface area contributed by atoms with Crippen LogP contribution in [0.15, 0.2) is 24.3 Å². The molecule has 0 bridgehead atoms. The van der Waals surface area contributed by atoms with Crippen LogP contribution in [0.2, 0.25) is 0 Å². The van der Waals surface area contributed by atoms with Crippen LogP contribution < -0.4 is 4.74 Å². The highest BCUT2D eigenvalue weighted by Gasteiger charge is 2.15. The van der Waals surface area contributed by atoms with Gasteiger partial charge < -0.3 is 9.47 Å². The van der Waals surface area contributed by atoms with E-state index in [-0.39, 0.29) is 18.6 Å².